The van der Waals surface area contributed by atoms with E-state index >= 15 is 0 Å². The third kappa shape index (κ3) is 8.21. The molecule has 0 bridgehead atoms. The molecular weight excluding hydrogens is 272 g/mol. The lowest BCUT2D eigenvalue weighted by Gasteiger charge is -2.13. The molecule has 0 radical (unpaired) electrons. The molecule has 22 heavy (non-hydrogen) atoms. The molecule has 1 rings (SSSR count). The van der Waals surface area contributed by atoms with Crippen molar-refractivity contribution >= 4 is 5.97 Å². The second kappa shape index (κ2) is 10.4. The summed E-state index contributed by atoms with van der Waals surface area (Å²) in [6.07, 6.45) is 7.34. The van der Waals surface area contributed by atoms with Crippen LogP contribution < -0.4 is 0 Å². The SMILES string of the molecule is CCCCCCC(C)OC(=O)Cc1ccc(CC(C)C)cc1. The first-order valence-corrected chi connectivity index (χ1v) is 8.78. The number of carbonyl (C=O) groups excluding carboxylic acids is 1. The molecule has 1 unspecified atom stereocenters. The van der Waals surface area contributed by atoms with Crippen molar-refractivity contribution in [1.29, 1.82) is 0 Å². The Morgan fingerprint density at radius 1 is 1.00 bits per heavy atom. The van der Waals surface area contributed by atoms with Crippen LogP contribution in [-0.4, -0.2) is 12.1 Å². The van der Waals surface area contributed by atoms with Crippen molar-refractivity contribution in [3.8, 4) is 0 Å². The van der Waals surface area contributed by atoms with Crippen LogP contribution in [0.1, 0.15) is 70.9 Å². The standard InChI is InChI=1S/C20H32O2/c1-5-6-7-8-9-17(4)22-20(21)15-19-12-10-18(11-13-19)14-16(2)3/h10-13,16-17H,5-9,14-15H2,1-4H3. The third-order valence-electron chi connectivity index (χ3n) is 3.81. The second-order valence-corrected chi connectivity index (χ2v) is 6.74. The molecule has 0 N–H and O–H groups in total. The zero-order chi connectivity index (χ0) is 16.4. The summed E-state index contributed by atoms with van der Waals surface area (Å²) in [6, 6.07) is 8.34. The average molecular weight is 304 g/mol. The van der Waals surface area contributed by atoms with Crippen molar-refractivity contribution in [2.24, 2.45) is 5.92 Å². The van der Waals surface area contributed by atoms with E-state index in [4.69, 9.17) is 4.74 Å². The quantitative estimate of drug-likeness (QED) is 0.431. The molecule has 0 aromatic heterocycles. The Bertz CT molecular complexity index is 420. The lowest BCUT2D eigenvalue weighted by atomic mass is 10.0. The molecule has 0 heterocycles. The molecule has 1 aromatic rings. The van der Waals surface area contributed by atoms with E-state index in [1.807, 2.05) is 19.1 Å². The van der Waals surface area contributed by atoms with E-state index in [0.29, 0.717) is 12.3 Å². The van der Waals surface area contributed by atoms with E-state index in [9.17, 15) is 4.79 Å². The van der Waals surface area contributed by atoms with Crippen LogP contribution in [-0.2, 0) is 22.4 Å². The Morgan fingerprint density at radius 2 is 1.64 bits per heavy atom. The Hall–Kier alpha value is -1.31. The van der Waals surface area contributed by atoms with Crippen molar-refractivity contribution in [3.63, 3.8) is 0 Å². The molecule has 0 amide bonds. The van der Waals surface area contributed by atoms with E-state index < -0.39 is 0 Å². The van der Waals surface area contributed by atoms with Crippen molar-refractivity contribution in [2.45, 2.75) is 78.7 Å². The van der Waals surface area contributed by atoms with Crippen LogP contribution in [0.25, 0.3) is 0 Å². The molecule has 0 aliphatic rings. The maximum absolute atomic E-state index is 12.0. The fourth-order valence-electron chi connectivity index (χ4n) is 2.61. The number of hydrogen-bond donors (Lipinski definition) is 0. The van der Waals surface area contributed by atoms with E-state index in [2.05, 4.69) is 32.9 Å². The maximum Gasteiger partial charge on any atom is 0.310 e. The molecule has 0 saturated heterocycles. The molecule has 0 spiro atoms. The first-order valence-electron chi connectivity index (χ1n) is 8.78. The van der Waals surface area contributed by atoms with Crippen LogP contribution in [0.2, 0.25) is 0 Å². The zero-order valence-corrected chi connectivity index (χ0v) is 14.7. The molecule has 0 aliphatic heterocycles. The van der Waals surface area contributed by atoms with Crippen LogP contribution in [0.15, 0.2) is 24.3 Å². The van der Waals surface area contributed by atoms with Gasteiger partial charge in [-0.1, -0.05) is 64.3 Å². The summed E-state index contributed by atoms with van der Waals surface area (Å²) in [4.78, 5) is 12.0. The molecule has 124 valence electrons. The van der Waals surface area contributed by atoms with Gasteiger partial charge in [0.1, 0.15) is 0 Å². The highest BCUT2D eigenvalue weighted by molar-refractivity contribution is 5.72. The first kappa shape index (κ1) is 18.7. The second-order valence-electron chi connectivity index (χ2n) is 6.74. The number of benzene rings is 1. The number of esters is 1. The summed E-state index contributed by atoms with van der Waals surface area (Å²) in [5.41, 5.74) is 2.37. The monoisotopic (exact) mass is 304 g/mol. The third-order valence-corrected chi connectivity index (χ3v) is 3.81. The van der Waals surface area contributed by atoms with Crippen LogP contribution in [0, 0.1) is 5.92 Å². The summed E-state index contributed by atoms with van der Waals surface area (Å²) < 4.78 is 5.49. The first-order chi connectivity index (χ1) is 10.5. The minimum Gasteiger partial charge on any atom is -0.462 e. The van der Waals surface area contributed by atoms with E-state index in [1.165, 1.54) is 24.8 Å². The summed E-state index contributed by atoms with van der Waals surface area (Å²) in [5.74, 6) is 0.545. The highest BCUT2D eigenvalue weighted by Crippen LogP contribution is 2.12. The van der Waals surface area contributed by atoms with Gasteiger partial charge in [0.05, 0.1) is 12.5 Å². The predicted molar refractivity (Wildman–Crippen MR) is 93.0 cm³/mol. The Kier molecular flexibility index (Phi) is 8.88. The maximum atomic E-state index is 12.0. The Morgan fingerprint density at radius 3 is 2.23 bits per heavy atom. The van der Waals surface area contributed by atoms with Gasteiger partial charge in [0.25, 0.3) is 0 Å². The predicted octanol–water partition coefficient (Wildman–Crippen LogP) is 5.33. The number of ether oxygens (including phenoxy) is 1. The average Bonchev–Trinajstić information content (AvgIpc) is 2.45. The van der Waals surface area contributed by atoms with Gasteiger partial charge in [-0.15, -0.1) is 0 Å². The highest BCUT2D eigenvalue weighted by Gasteiger charge is 2.10. The number of carbonyl (C=O) groups is 1. The van der Waals surface area contributed by atoms with Crippen molar-refractivity contribution in [2.75, 3.05) is 0 Å². The molecular formula is C20H32O2. The van der Waals surface area contributed by atoms with Gasteiger partial charge in [0.15, 0.2) is 0 Å². The van der Waals surface area contributed by atoms with Crippen LogP contribution in [0.5, 0.6) is 0 Å². The van der Waals surface area contributed by atoms with Crippen LogP contribution in [0.4, 0.5) is 0 Å². The van der Waals surface area contributed by atoms with Gasteiger partial charge in [0.2, 0.25) is 0 Å². The molecule has 0 fully saturated rings. The lowest BCUT2D eigenvalue weighted by molar-refractivity contribution is -0.147. The fourth-order valence-corrected chi connectivity index (χ4v) is 2.61. The Labute approximate surface area is 136 Å². The minimum absolute atomic E-state index is 0.0320. The largest absolute Gasteiger partial charge is 0.462 e. The van der Waals surface area contributed by atoms with E-state index in [-0.39, 0.29) is 12.1 Å². The fraction of sp³-hybridized carbons (Fsp3) is 0.650. The van der Waals surface area contributed by atoms with Crippen molar-refractivity contribution < 1.29 is 9.53 Å². The normalized spacial score (nSPS) is 12.4. The Balaban J connectivity index is 2.32. The van der Waals surface area contributed by atoms with Gasteiger partial charge < -0.3 is 4.74 Å². The number of unbranched alkanes of at least 4 members (excludes halogenated alkanes) is 3. The summed E-state index contributed by atoms with van der Waals surface area (Å²) >= 11 is 0. The van der Waals surface area contributed by atoms with E-state index in [0.717, 1.165) is 24.8 Å². The van der Waals surface area contributed by atoms with Gasteiger partial charge in [-0.3, -0.25) is 4.79 Å². The lowest BCUT2D eigenvalue weighted by Crippen LogP contribution is -2.16. The number of hydrogen-bond acceptors (Lipinski definition) is 2. The summed E-state index contributed by atoms with van der Waals surface area (Å²) in [7, 11) is 0. The molecule has 0 aliphatic carbocycles. The number of rotatable bonds is 10. The highest BCUT2D eigenvalue weighted by atomic mass is 16.5. The molecule has 1 atom stereocenters. The topological polar surface area (TPSA) is 26.3 Å². The zero-order valence-electron chi connectivity index (χ0n) is 14.7. The van der Waals surface area contributed by atoms with Crippen LogP contribution in [0.3, 0.4) is 0 Å². The summed E-state index contributed by atoms with van der Waals surface area (Å²) in [5, 5.41) is 0. The van der Waals surface area contributed by atoms with E-state index in [1.54, 1.807) is 0 Å². The van der Waals surface area contributed by atoms with Gasteiger partial charge in [-0.25, -0.2) is 0 Å². The van der Waals surface area contributed by atoms with Crippen LogP contribution >= 0.6 is 0 Å². The van der Waals surface area contributed by atoms with Gasteiger partial charge in [-0.2, -0.15) is 0 Å². The molecule has 1 aromatic carbocycles. The van der Waals surface area contributed by atoms with Crippen molar-refractivity contribution in [3.05, 3.63) is 35.4 Å². The van der Waals surface area contributed by atoms with Gasteiger partial charge >= 0.3 is 5.97 Å². The summed E-state index contributed by atoms with van der Waals surface area (Å²) in [6.45, 7) is 8.63. The minimum atomic E-state index is -0.111. The van der Waals surface area contributed by atoms with Crippen molar-refractivity contribution in [1.82, 2.24) is 0 Å². The molecule has 2 nitrogen and oxygen atoms in total. The van der Waals surface area contributed by atoms with Gasteiger partial charge in [-0.05, 0) is 43.2 Å². The molecule has 0 saturated carbocycles. The molecule has 2 heteroatoms. The smallest absolute Gasteiger partial charge is 0.310 e. The van der Waals surface area contributed by atoms with Gasteiger partial charge in [0, 0.05) is 0 Å².